The normalized spacial score (nSPS) is 11.4. The first-order chi connectivity index (χ1) is 12.9. The number of nitrogens with one attached hydrogen (secondary N) is 1. The van der Waals surface area contributed by atoms with E-state index in [1.807, 2.05) is 25.1 Å². The molecule has 2 aromatic carbocycles. The van der Waals surface area contributed by atoms with E-state index in [1.54, 1.807) is 24.3 Å². The van der Waals surface area contributed by atoms with Crippen molar-refractivity contribution in [3.05, 3.63) is 53.6 Å². The van der Waals surface area contributed by atoms with Gasteiger partial charge in [0, 0.05) is 12.4 Å². The van der Waals surface area contributed by atoms with Crippen LogP contribution in [0.1, 0.15) is 23.6 Å². The molecule has 0 radical (unpaired) electrons. The third-order valence-corrected chi connectivity index (χ3v) is 3.97. The standard InChI is InChI=1S/C20H23NO6/c1-13-6-4-5-7-16(13)27-12-19(22)21-15(11-20(23)24)14-8-9-17(25-2)18(10-14)26-3/h4-10,15H,11-12H2,1-3H3,(H,21,22)(H,23,24)/p-1. The van der Waals surface area contributed by atoms with Gasteiger partial charge in [0.25, 0.3) is 5.91 Å². The maximum absolute atomic E-state index is 12.3. The Morgan fingerprint density at radius 3 is 2.37 bits per heavy atom. The second-order valence-corrected chi connectivity index (χ2v) is 5.86. The highest BCUT2D eigenvalue weighted by atomic mass is 16.5. The number of carbonyl (C=O) groups excluding carboxylic acids is 2. The maximum atomic E-state index is 12.3. The molecule has 2 aromatic rings. The fourth-order valence-corrected chi connectivity index (χ4v) is 2.59. The van der Waals surface area contributed by atoms with Crippen molar-refractivity contribution in [2.45, 2.75) is 19.4 Å². The van der Waals surface area contributed by atoms with Gasteiger partial charge in [-0.15, -0.1) is 0 Å². The first kappa shape index (κ1) is 20.1. The number of hydrogen-bond acceptors (Lipinski definition) is 6. The van der Waals surface area contributed by atoms with Gasteiger partial charge in [-0.25, -0.2) is 0 Å². The van der Waals surface area contributed by atoms with Crippen LogP contribution in [0.25, 0.3) is 0 Å². The molecule has 1 unspecified atom stereocenters. The van der Waals surface area contributed by atoms with Gasteiger partial charge in [-0.3, -0.25) is 4.79 Å². The molecule has 144 valence electrons. The molecule has 0 spiro atoms. The molecule has 7 heteroatoms. The van der Waals surface area contributed by atoms with Crippen molar-refractivity contribution < 1.29 is 28.9 Å². The number of carboxylic acids is 1. The fourth-order valence-electron chi connectivity index (χ4n) is 2.59. The van der Waals surface area contributed by atoms with E-state index >= 15 is 0 Å². The summed E-state index contributed by atoms with van der Waals surface area (Å²) in [6.45, 7) is 1.64. The van der Waals surface area contributed by atoms with E-state index in [4.69, 9.17) is 14.2 Å². The number of carbonyl (C=O) groups is 2. The Labute approximate surface area is 157 Å². The number of hydrogen-bond donors (Lipinski definition) is 1. The second kappa shape index (κ2) is 9.47. The minimum atomic E-state index is -1.28. The van der Waals surface area contributed by atoms with Crippen LogP contribution < -0.4 is 24.6 Å². The van der Waals surface area contributed by atoms with Crippen LogP contribution in [0.5, 0.6) is 17.2 Å². The van der Waals surface area contributed by atoms with Crippen LogP contribution in [0.15, 0.2) is 42.5 Å². The molecule has 1 amide bonds. The maximum Gasteiger partial charge on any atom is 0.258 e. The van der Waals surface area contributed by atoms with Crippen LogP contribution >= 0.6 is 0 Å². The predicted octanol–water partition coefficient (Wildman–Crippen LogP) is 1.39. The number of rotatable bonds is 9. The van der Waals surface area contributed by atoms with Crippen molar-refractivity contribution in [3.8, 4) is 17.2 Å². The molecule has 0 aliphatic heterocycles. The summed E-state index contributed by atoms with van der Waals surface area (Å²) in [6, 6.07) is 11.4. The summed E-state index contributed by atoms with van der Waals surface area (Å²) in [6.07, 6.45) is -0.383. The van der Waals surface area contributed by atoms with Gasteiger partial charge >= 0.3 is 0 Å². The Hall–Kier alpha value is -3.22. The molecule has 0 aliphatic rings. The molecule has 0 fully saturated rings. The largest absolute Gasteiger partial charge is 0.550 e. The van der Waals surface area contributed by atoms with E-state index in [0.29, 0.717) is 22.8 Å². The molecule has 2 rings (SSSR count). The predicted molar refractivity (Wildman–Crippen MR) is 96.7 cm³/mol. The fraction of sp³-hybridized carbons (Fsp3) is 0.300. The summed E-state index contributed by atoms with van der Waals surface area (Å²) < 4.78 is 15.9. The third-order valence-electron chi connectivity index (χ3n) is 3.97. The molecule has 0 aliphatic carbocycles. The van der Waals surface area contributed by atoms with Crippen LogP contribution in [0.3, 0.4) is 0 Å². The molecule has 0 bridgehead atoms. The molecular formula is C20H22NO6-. The highest BCUT2D eigenvalue weighted by Gasteiger charge is 2.18. The van der Waals surface area contributed by atoms with Crippen molar-refractivity contribution >= 4 is 11.9 Å². The van der Waals surface area contributed by atoms with E-state index in [0.717, 1.165) is 5.56 Å². The summed E-state index contributed by atoms with van der Waals surface area (Å²) in [5.74, 6) is -0.198. The monoisotopic (exact) mass is 372 g/mol. The second-order valence-electron chi connectivity index (χ2n) is 5.86. The van der Waals surface area contributed by atoms with E-state index in [9.17, 15) is 14.7 Å². The zero-order valence-corrected chi connectivity index (χ0v) is 15.5. The molecular weight excluding hydrogens is 350 g/mol. The van der Waals surface area contributed by atoms with Crippen LogP contribution in [-0.4, -0.2) is 32.7 Å². The minimum Gasteiger partial charge on any atom is -0.550 e. The van der Waals surface area contributed by atoms with Crippen molar-refractivity contribution in [2.24, 2.45) is 0 Å². The molecule has 27 heavy (non-hydrogen) atoms. The molecule has 0 aromatic heterocycles. The number of amides is 1. The van der Waals surface area contributed by atoms with Gasteiger partial charge < -0.3 is 29.4 Å². The van der Waals surface area contributed by atoms with Crippen LogP contribution in [0, 0.1) is 6.92 Å². The number of para-hydroxylation sites is 1. The average Bonchev–Trinajstić information content (AvgIpc) is 2.66. The Morgan fingerprint density at radius 1 is 1.04 bits per heavy atom. The Morgan fingerprint density at radius 2 is 1.74 bits per heavy atom. The topological polar surface area (TPSA) is 96.9 Å². The quantitative estimate of drug-likeness (QED) is 0.714. The highest BCUT2D eigenvalue weighted by molar-refractivity contribution is 5.79. The number of benzene rings is 2. The van der Waals surface area contributed by atoms with Crippen molar-refractivity contribution in [3.63, 3.8) is 0 Å². The summed E-state index contributed by atoms with van der Waals surface area (Å²) in [5.41, 5.74) is 1.46. The lowest BCUT2D eigenvalue weighted by atomic mass is 10.0. The molecule has 1 atom stereocenters. The van der Waals surface area contributed by atoms with Crippen molar-refractivity contribution in [1.82, 2.24) is 5.32 Å². The summed E-state index contributed by atoms with van der Waals surface area (Å²) in [4.78, 5) is 23.4. The minimum absolute atomic E-state index is 0.234. The first-order valence-corrected chi connectivity index (χ1v) is 8.34. The summed E-state index contributed by atoms with van der Waals surface area (Å²) in [5, 5.41) is 13.8. The van der Waals surface area contributed by atoms with Crippen LogP contribution in [0.4, 0.5) is 0 Å². The van der Waals surface area contributed by atoms with Crippen LogP contribution in [-0.2, 0) is 9.59 Å². The van der Waals surface area contributed by atoms with E-state index in [-0.39, 0.29) is 13.0 Å². The highest BCUT2D eigenvalue weighted by Crippen LogP contribution is 2.30. The van der Waals surface area contributed by atoms with Gasteiger partial charge in [0.2, 0.25) is 0 Å². The Kier molecular flexibility index (Phi) is 7.05. The lowest BCUT2D eigenvalue weighted by molar-refractivity contribution is -0.306. The Bertz CT molecular complexity index is 805. The van der Waals surface area contributed by atoms with Crippen molar-refractivity contribution in [1.29, 1.82) is 0 Å². The number of methoxy groups -OCH3 is 2. The molecule has 7 nitrogen and oxygen atoms in total. The number of aliphatic carboxylic acids is 1. The zero-order chi connectivity index (χ0) is 19.8. The van der Waals surface area contributed by atoms with Crippen LogP contribution in [0.2, 0.25) is 0 Å². The lowest BCUT2D eigenvalue weighted by Crippen LogP contribution is -2.36. The van der Waals surface area contributed by atoms with Gasteiger partial charge in [-0.2, -0.15) is 0 Å². The lowest BCUT2D eigenvalue weighted by Gasteiger charge is -2.21. The SMILES string of the molecule is COc1ccc(C(CC(=O)[O-])NC(=O)COc2ccccc2C)cc1OC. The van der Waals surface area contributed by atoms with Crippen molar-refractivity contribution in [2.75, 3.05) is 20.8 Å². The zero-order valence-electron chi connectivity index (χ0n) is 15.5. The van der Waals surface area contributed by atoms with Gasteiger partial charge in [-0.05, 0) is 36.2 Å². The average molecular weight is 372 g/mol. The molecule has 0 saturated heterocycles. The van der Waals surface area contributed by atoms with E-state index in [1.165, 1.54) is 14.2 Å². The number of ether oxygens (including phenoxy) is 3. The molecule has 1 N–H and O–H groups in total. The van der Waals surface area contributed by atoms with Gasteiger partial charge in [-0.1, -0.05) is 24.3 Å². The van der Waals surface area contributed by atoms with E-state index < -0.39 is 17.9 Å². The third kappa shape index (κ3) is 5.64. The first-order valence-electron chi connectivity index (χ1n) is 8.34. The molecule has 0 heterocycles. The van der Waals surface area contributed by atoms with Gasteiger partial charge in [0.15, 0.2) is 18.1 Å². The number of aryl methyl sites for hydroxylation is 1. The smallest absolute Gasteiger partial charge is 0.258 e. The Balaban J connectivity index is 2.11. The van der Waals surface area contributed by atoms with E-state index in [2.05, 4.69) is 5.32 Å². The summed E-state index contributed by atoms with van der Waals surface area (Å²) >= 11 is 0. The summed E-state index contributed by atoms with van der Waals surface area (Å²) in [7, 11) is 2.98. The molecule has 0 saturated carbocycles. The number of carboxylic acid groups (broad SMARTS) is 1. The van der Waals surface area contributed by atoms with Gasteiger partial charge in [0.05, 0.1) is 20.3 Å². The van der Waals surface area contributed by atoms with Gasteiger partial charge in [0.1, 0.15) is 5.75 Å².